The van der Waals surface area contributed by atoms with E-state index in [0.717, 1.165) is 8.87 Å². The van der Waals surface area contributed by atoms with Gasteiger partial charge in [0.25, 0.3) is 0 Å². The van der Waals surface area contributed by atoms with Crippen LogP contribution >= 0.6 is 0 Å². The quantitative estimate of drug-likeness (QED) is 0.386. The van der Waals surface area contributed by atoms with Crippen LogP contribution in [0, 0.1) is 0 Å². The van der Waals surface area contributed by atoms with Gasteiger partial charge < -0.3 is 0 Å². The molecule has 0 saturated carbocycles. The molecule has 0 atom stereocenters. The van der Waals surface area contributed by atoms with E-state index in [2.05, 4.69) is 0 Å². The van der Waals surface area contributed by atoms with Gasteiger partial charge in [-0.15, -0.1) is 0 Å². The van der Waals surface area contributed by atoms with Gasteiger partial charge in [-0.2, -0.15) is 0 Å². The SMILES string of the molecule is CCOC(=O)C[CH2][Sn][CH2]CC(=O)OCC. The molecule has 0 aromatic rings. The van der Waals surface area contributed by atoms with Gasteiger partial charge in [0, 0.05) is 0 Å². The Bertz CT molecular complexity index is 174. The van der Waals surface area contributed by atoms with Crippen molar-refractivity contribution < 1.29 is 19.1 Å². The average molecular weight is 321 g/mol. The van der Waals surface area contributed by atoms with Crippen molar-refractivity contribution in [3.05, 3.63) is 0 Å². The van der Waals surface area contributed by atoms with Crippen molar-refractivity contribution in [2.45, 2.75) is 35.6 Å². The Morgan fingerprint density at radius 3 is 1.67 bits per heavy atom. The Balaban J connectivity index is 3.24. The van der Waals surface area contributed by atoms with Crippen molar-refractivity contribution in [2.75, 3.05) is 13.2 Å². The maximum atomic E-state index is 11.0. The Hall–Kier alpha value is -0.261. The number of esters is 2. The molecule has 0 fully saturated rings. The van der Waals surface area contributed by atoms with Crippen molar-refractivity contribution in [1.29, 1.82) is 0 Å². The normalized spacial score (nSPS) is 9.73. The van der Waals surface area contributed by atoms with E-state index in [1.54, 1.807) is 13.8 Å². The monoisotopic (exact) mass is 322 g/mol. The van der Waals surface area contributed by atoms with Gasteiger partial charge in [0.15, 0.2) is 0 Å². The summed E-state index contributed by atoms with van der Waals surface area (Å²) in [5, 5.41) is 0. The van der Waals surface area contributed by atoms with Gasteiger partial charge in [-0.05, 0) is 0 Å². The minimum atomic E-state index is -0.572. The molecular weight excluding hydrogens is 303 g/mol. The predicted molar refractivity (Wildman–Crippen MR) is 57.9 cm³/mol. The topological polar surface area (TPSA) is 52.6 Å². The third-order valence-corrected chi connectivity index (χ3v) is 5.07. The Morgan fingerprint density at radius 1 is 0.933 bits per heavy atom. The van der Waals surface area contributed by atoms with Gasteiger partial charge in [-0.3, -0.25) is 0 Å². The summed E-state index contributed by atoms with van der Waals surface area (Å²) in [7, 11) is 0. The zero-order valence-electron chi connectivity index (χ0n) is 9.38. The van der Waals surface area contributed by atoms with Crippen LogP contribution in [-0.4, -0.2) is 46.3 Å². The van der Waals surface area contributed by atoms with E-state index < -0.39 is 21.1 Å². The molecular formula is C10H18O4Sn. The maximum absolute atomic E-state index is 11.0. The zero-order valence-corrected chi connectivity index (χ0v) is 12.2. The predicted octanol–water partition coefficient (Wildman–Crippen LogP) is 1.43. The zero-order chi connectivity index (χ0) is 11.5. The van der Waals surface area contributed by atoms with Crippen LogP contribution in [0.1, 0.15) is 26.7 Å². The second kappa shape index (κ2) is 10.3. The molecule has 86 valence electrons. The number of hydrogen-bond acceptors (Lipinski definition) is 4. The van der Waals surface area contributed by atoms with Crippen LogP contribution in [0.4, 0.5) is 0 Å². The van der Waals surface area contributed by atoms with Gasteiger partial charge in [0.1, 0.15) is 0 Å². The molecule has 0 aliphatic rings. The van der Waals surface area contributed by atoms with Crippen LogP contribution in [0.3, 0.4) is 0 Å². The summed E-state index contributed by atoms with van der Waals surface area (Å²) < 4.78 is 11.5. The molecule has 0 N–H and O–H groups in total. The van der Waals surface area contributed by atoms with Crippen LogP contribution in [0.15, 0.2) is 0 Å². The molecule has 0 amide bonds. The molecule has 0 aromatic heterocycles. The van der Waals surface area contributed by atoms with Gasteiger partial charge >= 0.3 is 101 Å². The molecule has 0 aliphatic carbocycles. The van der Waals surface area contributed by atoms with E-state index in [4.69, 9.17) is 9.47 Å². The fourth-order valence-corrected chi connectivity index (χ4v) is 3.86. The summed E-state index contributed by atoms with van der Waals surface area (Å²) in [4.78, 5) is 21.9. The number of ether oxygens (including phenoxy) is 2. The summed E-state index contributed by atoms with van der Waals surface area (Å²) in [6, 6.07) is 0. The molecule has 0 unspecified atom stereocenters. The van der Waals surface area contributed by atoms with Crippen molar-refractivity contribution in [2.24, 2.45) is 0 Å². The molecule has 0 saturated heterocycles. The molecule has 15 heavy (non-hydrogen) atoms. The first-order valence-corrected chi connectivity index (χ1v) is 9.26. The molecule has 0 rings (SSSR count). The first-order valence-electron chi connectivity index (χ1n) is 5.22. The van der Waals surface area contributed by atoms with Crippen LogP contribution in [-0.2, 0) is 19.1 Å². The molecule has 0 heterocycles. The minimum absolute atomic E-state index is 0.116. The van der Waals surface area contributed by atoms with E-state index >= 15 is 0 Å². The summed E-state index contributed by atoms with van der Waals surface area (Å²) >= 11 is -0.572. The molecule has 0 spiro atoms. The molecule has 0 aliphatic heterocycles. The Labute approximate surface area is 101 Å². The summed E-state index contributed by atoms with van der Waals surface area (Å²) in [5.74, 6) is -0.232. The van der Waals surface area contributed by atoms with Crippen molar-refractivity contribution in [3.63, 3.8) is 0 Å². The Morgan fingerprint density at radius 2 is 1.33 bits per heavy atom. The molecule has 0 aromatic carbocycles. The van der Waals surface area contributed by atoms with Crippen LogP contribution in [0.2, 0.25) is 8.87 Å². The van der Waals surface area contributed by atoms with Gasteiger partial charge in [-0.25, -0.2) is 0 Å². The third kappa shape index (κ3) is 10.0. The third-order valence-electron chi connectivity index (χ3n) is 1.62. The molecule has 4 nitrogen and oxygen atoms in total. The fourth-order valence-electron chi connectivity index (χ4n) is 0.972. The van der Waals surface area contributed by atoms with E-state index in [1.165, 1.54) is 0 Å². The van der Waals surface area contributed by atoms with Gasteiger partial charge in [0.2, 0.25) is 0 Å². The van der Waals surface area contributed by atoms with Crippen LogP contribution in [0.25, 0.3) is 0 Å². The number of hydrogen-bond donors (Lipinski definition) is 0. The standard InChI is InChI=1S/2C5H9O2.Sn/c2*1-3-5(6)7-4-2;/h2*1,3-4H2,2H3;. The van der Waals surface area contributed by atoms with Crippen molar-refractivity contribution >= 4 is 33.1 Å². The van der Waals surface area contributed by atoms with Crippen LogP contribution in [0.5, 0.6) is 0 Å². The Kier molecular flexibility index (Phi) is 10.1. The number of carbonyl (C=O) groups excluding carboxylic acids is 2. The summed E-state index contributed by atoms with van der Waals surface area (Å²) in [6.45, 7) is 4.51. The molecule has 0 bridgehead atoms. The fraction of sp³-hybridized carbons (Fsp3) is 0.800. The van der Waals surface area contributed by atoms with E-state index in [1.807, 2.05) is 0 Å². The summed E-state index contributed by atoms with van der Waals surface area (Å²) in [6.07, 6.45) is 1.03. The first-order chi connectivity index (χ1) is 7.20. The molecule has 5 heteroatoms. The number of carbonyl (C=O) groups is 2. The number of rotatable bonds is 8. The van der Waals surface area contributed by atoms with Crippen molar-refractivity contribution in [1.82, 2.24) is 0 Å². The van der Waals surface area contributed by atoms with Crippen LogP contribution < -0.4 is 0 Å². The molecule has 2 radical (unpaired) electrons. The van der Waals surface area contributed by atoms with Gasteiger partial charge in [-0.1, -0.05) is 0 Å². The summed E-state index contributed by atoms with van der Waals surface area (Å²) in [5.41, 5.74) is 0. The van der Waals surface area contributed by atoms with E-state index in [0.29, 0.717) is 26.1 Å². The first kappa shape index (κ1) is 14.7. The second-order valence-electron chi connectivity index (χ2n) is 2.86. The van der Waals surface area contributed by atoms with Crippen molar-refractivity contribution in [3.8, 4) is 0 Å². The average Bonchev–Trinajstić information content (AvgIpc) is 2.18. The van der Waals surface area contributed by atoms with E-state index in [-0.39, 0.29) is 11.9 Å². The van der Waals surface area contributed by atoms with E-state index in [9.17, 15) is 9.59 Å². The second-order valence-corrected chi connectivity index (χ2v) is 7.14. The van der Waals surface area contributed by atoms with Gasteiger partial charge in [0.05, 0.1) is 0 Å².